The van der Waals surface area contributed by atoms with Gasteiger partial charge in [-0.2, -0.15) is 0 Å². The number of halogens is 1. The number of ether oxygens (including phenoxy) is 1. The summed E-state index contributed by atoms with van der Waals surface area (Å²) in [7, 11) is 0. The van der Waals surface area contributed by atoms with E-state index < -0.39 is 11.7 Å². The summed E-state index contributed by atoms with van der Waals surface area (Å²) < 4.78 is 20.4. The summed E-state index contributed by atoms with van der Waals surface area (Å²) in [5.41, 5.74) is 1.75. The van der Waals surface area contributed by atoms with Crippen LogP contribution in [0.5, 0.6) is 0 Å². The Balaban J connectivity index is 1.29. The lowest BCUT2D eigenvalue weighted by Crippen LogP contribution is -2.36. The zero-order valence-corrected chi connectivity index (χ0v) is 17.5. The summed E-state index contributed by atoms with van der Waals surface area (Å²) in [6.07, 6.45) is 0.0597. The van der Waals surface area contributed by atoms with E-state index in [1.54, 1.807) is 29.5 Å². The Morgan fingerprint density at radius 1 is 1.19 bits per heavy atom. The lowest BCUT2D eigenvalue weighted by Gasteiger charge is -2.25. The van der Waals surface area contributed by atoms with E-state index in [2.05, 4.69) is 15.2 Å². The van der Waals surface area contributed by atoms with Crippen molar-refractivity contribution < 1.29 is 18.7 Å². The first-order valence-electron chi connectivity index (χ1n) is 10.2. The quantitative estimate of drug-likeness (QED) is 0.674. The molecule has 2 saturated heterocycles. The molecule has 1 atom stereocenters. The summed E-state index contributed by atoms with van der Waals surface area (Å²) in [5, 5.41) is 3.85. The van der Waals surface area contributed by atoms with Crippen molar-refractivity contribution in [2.45, 2.75) is 6.42 Å². The second-order valence-corrected chi connectivity index (χ2v) is 8.63. The average molecular weight is 441 g/mol. The van der Waals surface area contributed by atoms with E-state index in [1.165, 1.54) is 11.0 Å². The fraction of sp³-hybridized carbons (Fsp3) is 0.318. The molecule has 31 heavy (non-hydrogen) atoms. The van der Waals surface area contributed by atoms with E-state index >= 15 is 0 Å². The highest BCUT2D eigenvalue weighted by Gasteiger charge is 2.36. The third-order valence-electron chi connectivity index (χ3n) is 5.57. The van der Waals surface area contributed by atoms with Gasteiger partial charge < -0.3 is 19.9 Å². The minimum atomic E-state index is -0.534. The number of hydrogen-bond donors (Lipinski definition) is 1. The Hall–Kier alpha value is -3.04. The van der Waals surface area contributed by atoms with Crippen LogP contribution in [0, 0.1) is 11.7 Å². The van der Waals surface area contributed by atoms with Gasteiger partial charge in [-0.3, -0.25) is 9.59 Å². The molecule has 1 N–H and O–H groups in total. The standard InChI is InChI=1S/C22H21FN4O3S/c23-16-3-1-2-4-18(16)27-13-14(11-20(27)28)21(29)24-15-5-6-17-19(12-15)31-22(25-17)26-7-9-30-10-8-26/h1-6,12,14H,7-11,13H2,(H,24,29). The van der Waals surface area contributed by atoms with Crippen LogP contribution in [-0.4, -0.2) is 49.6 Å². The topological polar surface area (TPSA) is 74.8 Å². The van der Waals surface area contributed by atoms with Crippen molar-refractivity contribution in [1.82, 2.24) is 4.98 Å². The molecule has 0 saturated carbocycles. The predicted molar refractivity (Wildman–Crippen MR) is 118 cm³/mol. The molecule has 160 valence electrons. The molecule has 2 amide bonds. The summed E-state index contributed by atoms with van der Waals surface area (Å²) in [6.45, 7) is 3.19. The number of thiazole rings is 1. The van der Waals surface area contributed by atoms with Gasteiger partial charge in [0, 0.05) is 31.7 Å². The van der Waals surface area contributed by atoms with Gasteiger partial charge in [0.1, 0.15) is 5.82 Å². The largest absolute Gasteiger partial charge is 0.378 e. The Kier molecular flexibility index (Phi) is 5.29. The molecule has 2 aliphatic rings. The highest BCUT2D eigenvalue weighted by molar-refractivity contribution is 7.22. The number of morpholine rings is 1. The number of carbonyl (C=O) groups is 2. The number of rotatable bonds is 4. The molecule has 0 bridgehead atoms. The van der Waals surface area contributed by atoms with Crippen LogP contribution in [0.1, 0.15) is 6.42 Å². The van der Waals surface area contributed by atoms with Crippen molar-refractivity contribution in [3.63, 3.8) is 0 Å². The number of carbonyl (C=O) groups excluding carboxylic acids is 2. The molecule has 7 nitrogen and oxygen atoms in total. The van der Waals surface area contributed by atoms with Crippen molar-refractivity contribution in [2.24, 2.45) is 5.92 Å². The van der Waals surface area contributed by atoms with E-state index in [1.807, 2.05) is 18.2 Å². The van der Waals surface area contributed by atoms with Crippen LogP contribution in [-0.2, 0) is 14.3 Å². The van der Waals surface area contributed by atoms with E-state index in [0.29, 0.717) is 18.9 Å². The summed E-state index contributed by atoms with van der Waals surface area (Å²) in [4.78, 5) is 33.4. The second kappa shape index (κ2) is 8.24. The summed E-state index contributed by atoms with van der Waals surface area (Å²) in [6, 6.07) is 11.7. The van der Waals surface area contributed by atoms with Crippen LogP contribution in [0.25, 0.3) is 10.2 Å². The monoisotopic (exact) mass is 440 g/mol. The highest BCUT2D eigenvalue weighted by Crippen LogP contribution is 2.32. The van der Waals surface area contributed by atoms with Crippen LogP contribution in [0.15, 0.2) is 42.5 Å². The molecule has 1 aromatic heterocycles. The lowest BCUT2D eigenvalue weighted by molar-refractivity contribution is -0.122. The van der Waals surface area contributed by atoms with Gasteiger partial charge in [-0.15, -0.1) is 0 Å². The number of fused-ring (bicyclic) bond motifs is 1. The van der Waals surface area contributed by atoms with Crippen molar-refractivity contribution in [3.05, 3.63) is 48.3 Å². The zero-order chi connectivity index (χ0) is 21.4. The molecular weight excluding hydrogens is 419 g/mol. The molecule has 1 unspecified atom stereocenters. The van der Waals surface area contributed by atoms with Gasteiger partial charge in [0.15, 0.2) is 5.13 Å². The van der Waals surface area contributed by atoms with Gasteiger partial charge in [-0.05, 0) is 30.3 Å². The molecule has 2 aliphatic heterocycles. The number of para-hydroxylation sites is 1. The van der Waals surface area contributed by atoms with E-state index in [9.17, 15) is 14.0 Å². The predicted octanol–water partition coefficient (Wildman–Crippen LogP) is 3.26. The van der Waals surface area contributed by atoms with Crippen LogP contribution in [0.2, 0.25) is 0 Å². The van der Waals surface area contributed by atoms with Crippen LogP contribution in [0.4, 0.5) is 20.9 Å². The van der Waals surface area contributed by atoms with E-state index in [4.69, 9.17) is 4.74 Å². The van der Waals surface area contributed by atoms with Gasteiger partial charge >= 0.3 is 0 Å². The molecule has 0 radical (unpaired) electrons. The average Bonchev–Trinajstić information content (AvgIpc) is 3.38. The number of hydrogen-bond acceptors (Lipinski definition) is 6. The third kappa shape index (κ3) is 3.98. The van der Waals surface area contributed by atoms with E-state index in [-0.39, 0.29) is 30.5 Å². The first-order chi connectivity index (χ1) is 15.1. The van der Waals surface area contributed by atoms with E-state index in [0.717, 1.165) is 28.4 Å². The Labute approximate surface area is 182 Å². The number of amides is 2. The molecule has 3 heterocycles. The minimum absolute atomic E-state index is 0.0597. The Morgan fingerprint density at radius 3 is 2.81 bits per heavy atom. The molecule has 5 rings (SSSR count). The van der Waals surface area contributed by atoms with Crippen molar-refractivity contribution in [3.8, 4) is 0 Å². The Bertz CT molecular complexity index is 1140. The molecular formula is C22H21FN4O3S. The molecule has 9 heteroatoms. The number of benzene rings is 2. The van der Waals surface area contributed by atoms with Crippen molar-refractivity contribution in [1.29, 1.82) is 0 Å². The lowest BCUT2D eigenvalue weighted by atomic mass is 10.1. The highest BCUT2D eigenvalue weighted by atomic mass is 32.1. The number of anilines is 3. The molecule has 3 aromatic rings. The van der Waals surface area contributed by atoms with Gasteiger partial charge in [0.2, 0.25) is 11.8 Å². The molecule has 2 aromatic carbocycles. The number of aromatic nitrogens is 1. The summed E-state index contributed by atoms with van der Waals surface area (Å²) in [5.74, 6) is -1.50. The maximum absolute atomic E-state index is 14.1. The SMILES string of the molecule is O=C(Nc1ccc2nc(N3CCOCC3)sc2c1)C1CC(=O)N(c2ccccc2F)C1. The first-order valence-corrected chi connectivity index (χ1v) is 11.0. The summed E-state index contributed by atoms with van der Waals surface area (Å²) >= 11 is 1.58. The van der Waals surface area contributed by atoms with Gasteiger partial charge in [-0.25, -0.2) is 9.37 Å². The smallest absolute Gasteiger partial charge is 0.229 e. The molecule has 2 fully saturated rings. The van der Waals surface area contributed by atoms with Gasteiger partial charge in [0.05, 0.1) is 35.0 Å². The fourth-order valence-corrected chi connectivity index (χ4v) is 4.97. The maximum atomic E-state index is 14.1. The number of nitrogens with zero attached hydrogens (tertiary/aromatic N) is 3. The van der Waals surface area contributed by atoms with Crippen LogP contribution in [0.3, 0.4) is 0 Å². The zero-order valence-electron chi connectivity index (χ0n) is 16.7. The molecule has 0 aliphatic carbocycles. The molecule has 0 spiro atoms. The van der Waals surface area contributed by atoms with Crippen LogP contribution >= 0.6 is 11.3 Å². The van der Waals surface area contributed by atoms with Crippen LogP contribution < -0.4 is 15.1 Å². The normalized spacial score (nSPS) is 19.3. The minimum Gasteiger partial charge on any atom is -0.378 e. The number of nitrogens with one attached hydrogen (secondary N) is 1. The van der Waals surface area contributed by atoms with Crippen molar-refractivity contribution in [2.75, 3.05) is 48.0 Å². The maximum Gasteiger partial charge on any atom is 0.229 e. The third-order valence-corrected chi connectivity index (χ3v) is 6.64. The Morgan fingerprint density at radius 2 is 2.00 bits per heavy atom. The fourth-order valence-electron chi connectivity index (χ4n) is 3.91. The van der Waals surface area contributed by atoms with Gasteiger partial charge in [0.25, 0.3) is 0 Å². The van der Waals surface area contributed by atoms with Gasteiger partial charge in [-0.1, -0.05) is 23.5 Å². The van der Waals surface area contributed by atoms with Crippen molar-refractivity contribution >= 4 is 49.9 Å². The second-order valence-electron chi connectivity index (χ2n) is 7.62. The first kappa shape index (κ1) is 19.9.